The van der Waals surface area contributed by atoms with Crippen LogP contribution in [0.4, 0.5) is 0 Å². The van der Waals surface area contributed by atoms with E-state index in [4.69, 9.17) is 34.9 Å². The molecule has 0 atom stereocenters. The fourth-order valence-electron chi connectivity index (χ4n) is 20.4. The van der Waals surface area contributed by atoms with Gasteiger partial charge in [0.05, 0.1) is 88.3 Å². The number of aromatic nitrogens is 15. The van der Waals surface area contributed by atoms with Crippen LogP contribution in [-0.2, 0) is 0 Å². The van der Waals surface area contributed by atoms with Crippen LogP contribution in [0, 0.1) is 0 Å². The van der Waals surface area contributed by atoms with E-state index in [1.165, 1.54) is 0 Å². The third kappa shape index (κ3) is 9.94. The molecule has 10 aromatic heterocycles. The molecule has 0 N–H and O–H groups in total. The molecule has 124 heavy (non-hydrogen) atoms. The van der Waals surface area contributed by atoms with Crippen molar-refractivity contribution in [1.82, 2.24) is 70.9 Å². The fraction of sp³-hybridized carbons (Fsp3) is 0. The second-order valence-corrected chi connectivity index (χ2v) is 39.4. The normalized spacial score (nSPS) is 12.4. The van der Waals surface area contributed by atoms with Gasteiger partial charge < -0.3 is 4.57 Å². The summed E-state index contributed by atoms with van der Waals surface area (Å²) in [6.07, 6.45) is 0. The van der Waals surface area contributed by atoms with Crippen LogP contribution in [0.1, 0.15) is 0 Å². The molecule has 0 bridgehead atoms. The number of hydrogen-bond acceptors (Lipinski definition) is 7. The molecule has 0 radical (unpaired) electrons. The van der Waals surface area contributed by atoms with E-state index < -0.39 is 16.1 Å². The van der Waals surface area contributed by atoms with Gasteiger partial charge in [-0.05, 0) is 151 Å². The van der Waals surface area contributed by atoms with E-state index in [9.17, 15) is 0 Å². The van der Waals surface area contributed by atoms with Crippen molar-refractivity contribution < 1.29 is 0 Å². The average Bonchev–Trinajstić information content (AvgIpc) is 1.07. The van der Waals surface area contributed by atoms with Gasteiger partial charge in [-0.15, -0.1) is 0 Å². The SMILES string of the molecule is c1ccc([Si](c2ccccc2)(c2cccc(-n3c4ccccc4c4c(-c5ccc6c(c5)nc5n(-c7cc(-n8c9ccccc9n9c%10ccccc%10nc89)nc([Si](c8ccccc8)(c8ccccc8)c8ccccc8)n7)c7ccccc7n65)cccc43)c2)c2nc(-n3c4ccccc4c4ccccc43)cc(-n3c4ccccc4n4c5ccccc5nc34)n2)cc1. The van der Waals surface area contributed by atoms with Crippen molar-refractivity contribution in [3.63, 3.8) is 0 Å². The van der Waals surface area contributed by atoms with E-state index in [1.807, 2.05) is 0 Å². The van der Waals surface area contributed by atoms with E-state index in [0.29, 0.717) is 23.2 Å². The number of nitrogens with zero attached hydrogens (tertiary/aromatic N) is 15. The van der Waals surface area contributed by atoms with Crippen molar-refractivity contribution in [3.8, 4) is 40.1 Å². The number of benzene rings is 16. The topological polar surface area (TPSA) is 128 Å². The zero-order chi connectivity index (χ0) is 81.3. The number of imidazole rings is 6. The molecule has 0 spiro atoms. The highest BCUT2D eigenvalue weighted by atomic mass is 28.3. The molecule has 26 aromatic rings. The molecule has 0 saturated heterocycles. The van der Waals surface area contributed by atoms with Gasteiger partial charge >= 0.3 is 0 Å². The largest absolute Gasteiger partial charge is 0.309 e. The van der Waals surface area contributed by atoms with Gasteiger partial charge in [-0.25, -0.2) is 34.9 Å². The summed E-state index contributed by atoms with van der Waals surface area (Å²) in [6.45, 7) is 0. The summed E-state index contributed by atoms with van der Waals surface area (Å²) in [6, 6.07) is 151. The Bertz CT molecular complexity index is 8650. The first kappa shape index (κ1) is 69.5. The van der Waals surface area contributed by atoms with E-state index in [0.717, 1.165) is 186 Å². The minimum Gasteiger partial charge on any atom is -0.309 e. The van der Waals surface area contributed by atoms with Gasteiger partial charge in [0.15, 0.2) is 0 Å². The highest BCUT2D eigenvalue weighted by Gasteiger charge is 2.48. The lowest BCUT2D eigenvalue weighted by Gasteiger charge is -2.33. The van der Waals surface area contributed by atoms with Gasteiger partial charge in [-0.3, -0.25) is 31.5 Å². The maximum absolute atomic E-state index is 6.13. The standard InChI is InChI=1S/C107H69N15Si2/c1-6-35-72(36-7-1)123(73-37-8-2-9-38-73,74-39-10-3-11-40-74)103-112-100(121-95-61-30-27-58-92(95)118-89-56-25-20-51-83(89)109-106(118)121)69-101(113-103)122-96-62-31-28-59-93(96)119-90-65-64-70(66-84(90)110-107(119)122)78-49-33-63-97-102(78)81-48-18-23-54-87(81)115(97)71-34-32-45-77(67-71)124(75-41-12-4-13-42-75,76-43-14-5-15-44-76)104-111-98(116-85-52-21-16-46-79(85)80-47-17-22-53-86(80)116)68-99(114-104)120-94-60-29-26-57-91(94)117-88-55-24-19-50-82(88)108-105(117)120/h1-69H. The highest BCUT2D eigenvalue weighted by molar-refractivity contribution is 7.20. The lowest BCUT2D eigenvalue weighted by Crippen LogP contribution is -2.76. The second kappa shape index (κ2) is 27.0. The molecule has 26 rings (SSSR count). The molecule has 0 saturated carbocycles. The Balaban J connectivity index is 0.682. The molecule has 0 amide bonds. The summed E-state index contributed by atoms with van der Waals surface area (Å²) in [4.78, 5) is 41.0. The van der Waals surface area contributed by atoms with E-state index in [2.05, 4.69) is 455 Å². The van der Waals surface area contributed by atoms with Crippen molar-refractivity contribution >= 4 is 185 Å². The van der Waals surface area contributed by atoms with Crippen LogP contribution >= 0.6 is 0 Å². The predicted molar refractivity (Wildman–Crippen MR) is 508 cm³/mol. The number of para-hydroxylation sites is 13. The Hall–Kier alpha value is -16.5. The van der Waals surface area contributed by atoms with Crippen LogP contribution in [0.5, 0.6) is 0 Å². The van der Waals surface area contributed by atoms with E-state index in [1.54, 1.807) is 0 Å². The van der Waals surface area contributed by atoms with Crippen molar-refractivity contribution in [2.75, 3.05) is 0 Å². The van der Waals surface area contributed by atoms with E-state index in [-0.39, 0.29) is 0 Å². The molecule has 15 nitrogen and oxygen atoms in total. The second-order valence-electron chi connectivity index (χ2n) is 32.0. The molecular weight excluding hydrogens is 1550 g/mol. The lowest BCUT2D eigenvalue weighted by atomic mass is 9.99. The average molecular weight is 1620 g/mol. The van der Waals surface area contributed by atoms with Gasteiger partial charge in [-0.2, -0.15) is 0 Å². The molecule has 0 unspecified atom stereocenters. The Kier molecular flexibility index (Phi) is 15.1. The summed E-state index contributed by atoms with van der Waals surface area (Å²) in [5.74, 6) is 5.03. The first-order valence-electron chi connectivity index (χ1n) is 41.9. The predicted octanol–water partition coefficient (Wildman–Crippen LogP) is 18.1. The molecule has 10 heterocycles. The monoisotopic (exact) mass is 1620 g/mol. The minimum atomic E-state index is -3.72. The molecule has 0 fully saturated rings. The highest BCUT2D eigenvalue weighted by Crippen LogP contribution is 2.42. The minimum absolute atomic E-state index is 0.670. The van der Waals surface area contributed by atoms with Gasteiger partial charge in [0.1, 0.15) is 34.2 Å². The fourth-order valence-corrected chi connectivity index (χ4v) is 29.2. The van der Waals surface area contributed by atoms with Crippen molar-refractivity contribution in [2.45, 2.75) is 0 Å². The number of fused-ring (bicyclic) bond motifs is 21. The smallest absolute Gasteiger partial charge is 0.226 e. The van der Waals surface area contributed by atoms with Crippen LogP contribution in [0.3, 0.4) is 0 Å². The molecule has 16 aromatic carbocycles. The number of hydrogen-bond donors (Lipinski definition) is 0. The molecular formula is C107H69N15Si2. The summed E-state index contributed by atoms with van der Waals surface area (Å²) in [5, 5.41) is 11.4. The Morgan fingerprint density at radius 1 is 0.185 bits per heavy atom. The molecule has 0 aliphatic carbocycles. The third-order valence-corrected chi connectivity index (χ3v) is 34.5. The zero-order valence-electron chi connectivity index (χ0n) is 66.5. The Morgan fingerprint density at radius 3 is 0.935 bits per heavy atom. The van der Waals surface area contributed by atoms with Crippen molar-refractivity contribution in [3.05, 3.63) is 419 Å². The summed E-state index contributed by atoms with van der Waals surface area (Å²) in [5.41, 5.74) is 20.3. The molecule has 17 heteroatoms. The van der Waals surface area contributed by atoms with E-state index >= 15 is 0 Å². The van der Waals surface area contributed by atoms with Gasteiger partial charge in [-0.1, -0.05) is 297 Å². The van der Waals surface area contributed by atoms with Crippen molar-refractivity contribution in [1.29, 1.82) is 0 Å². The van der Waals surface area contributed by atoms with Crippen LogP contribution in [0.2, 0.25) is 0 Å². The maximum Gasteiger partial charge on any atom is 0.226 e. The van der Waals surface area contributed by atoms with Gasteiger partial charge in [0, 0.05) is 39.4 Å². The zero-order valence-corrected chi connectivity index (χ0v) is 68.5. The molecule has 0 aliphatic heterocycles. The summed E-state index contributed by atoms with van der Waals surface area (Å²) >= 11 is 0. The van der Waals surface area contributed by atoms with Gasteiger partial charge in [0.25, 0.3) is 0 Å². The summed E-state index contributed by atoms with van der Waals surface area (Å²) < 4.78 is 18.4. The van der Waals surface area contributed by atoms with Crippen LogP contribution in [0.25, 0.3) is 167 Å². The van der Waals surface area contributed by atoms with Crippen LogP contribution < -0.4 is 42.0 Å². The Labute approximate surface area is 710 Å². The first-order chi connectivity index (χ1) is 61.5. The maximum atomic E-state index is 6.13. The van der Waals surface area contributed by atoms with Gasteiger partial charge in [0.2, 0.25) is 33.5 Å². The van der Waals surface area contributed by atoms with Crippen LogP contribution in [-0.4, -0.2) is 87.1 Å². The molecule has 0 aliphatic rings. The Morgan fingerprint density at radius 2 is 0.500 bits per heavy atom. The summed E-state index contributed by atoms with van der Waals surface area (Å²) in [7, 11) is -7.16. The quantitative estimate of drug-likeness (QED) is 0.0783. The third-order valence-electron chi connectivity index (χ3n) is 25.6. The molecule has 580 valence electrons. The van der Waals surface area contributed by atoms with Crippen molar-refractivity contribution in [2.24, 2.45) is 0 Å². The lowest BCUT2D eigenvalue weighted by molar-refractivity contribution is 0.982. The van der Waals surface area contributed by atoms with Crippen LogP contribution in [0.15, 0.2) is 419 Å². The first-order valence-corrected chi connectivity index (χ1v) is 45.9. The number of rotatable bonds is 14.